The number of halogens is 1. The van der Waals surface area contributed by atoms with E-state index >= 15 is 0 Å². The van der Waals surface area contributed by atoms with Gasteiger partial charge in [-0.25, -0.2) is 0 Å². The van der Waals surface area contributed by atoms with Crippen molar-refractivity contribution < 1.29 is 0 Å². The molecule has 1 nitrogen and oxygen atoms in total. The lowest BCUT2D eigenvalue weighted by Gasteiger charge is -2.07. The zero-order chi connectivity index (χ0) is 9.42. The van der Waals surface area contributed by atoms with E-state index in [1.165, 1.54) is 33.5 Å². The SMILES string of the molecule is Cc1cc([C@@H](N)CC2CC2)sc1Br. The molecule has 2 N–H and O–H groups in total. The molecule has 0 aromatic carbocycles. The van der Waals surface area contributed by atoms with Gasteiger partial charge in [0.15, 0.2) is 0 Å². The Balaban J connectivity index is 2.05. The van der Waals surface area contributed by atoms with Crippen molar-refractivity contribution in [1.29, 1.82) is 0 Å². The lowest BCUT2D eigenvalue weighted by molar-refractivity contribution is 0.605. The lowest BCUT2D eigenvalue weighted by Crippen LogP contribution is -2.08. The maximum Gasteiger partial charge on any atom is 0.0731 e. The fraction of sp³-hybridized carbons (Fsp3) is 0.600. The van der Waals surface area contributed by atoms with Crippen LogP contribution in [0, 0.1) is 12.8 Å². The smallest absolute Gasteiger partial charge is 0.0731 e. The standard InChI is InChI=1S/C10H14BrNS/c1-6-4-9(13-10(6)11)8(12)5-7-2-3-7/h4,7-8H,2-3,5,12H2,1H3/t8-/m0/s1. The molecule has 0 bridgehead atoms. The first-order valence-corrected chi connectivity index (χ1v) is 6.29. The van der Waals surface area contributed by atoms with Crippen molar-refractivity contribution >= 4 is 27.3 Å². The monoisotopic (exact) mass is 259 g/mol. The first kappa shape index (κ1) is 9.69. The van der Waals surface area contributed by atoms with E-state index in [1.807, 2.05) is 0 Å². The van der Waals surface area contributed by atoms with Crippen LogP contribution in [-0.2, 0) is 0 Å². The molecule has 2 rings (SSSR count). The molecule has 13 heavy (non-hydrogen) atoms. The largest absolute Gasteiger partial charge is 0.323 e. The van der Waals surface area contributed by atoms with Crippen molar-refractivity contribution in [3.63, 3.8) is 0 Å². The summed E-state index contributed by atoms with van der Waals surface area (Å²) in [7, 11) is 0. The number of aryl methyl sites for hydroxylation is 1. The minimum absolute atomic E-state index is 0.266. The van der Waals surface area contributed by atoms with Crippen LogP contribution in [0.2, 0.25) is 0 Å². The average molecular weight is 260 g/mol. The van der Waals surface area contributed by atoms with Crippen molar-refractivity contribution in [2.75, 3.05) is 0 Å². The van der Waals surface area contributed by atoms with Crippen LogP contribution in [-0.4, -0.2) is 0 Å². The fourth-order valence-electron chi connectivity index (χ4n) is 1.50. The van der Waals surface area contributed by atoms with Gasteiger partial charge in [-0.1, -0.05) is 12.8 Å². The molecular formula is C10H14BrNS. The first-order chi connectivity index (χ1) is 6.16. The van der Waals surface area contributed by atoms with Crippen LogP contribution in [0.25, 0.3) is 0 Å². The van der Waals surface area contributed by atoms with Crippen molar-refractivity contribution in [2.24, 2.45) is 11.7 Å². The summed E-state index contributed by atoms with van der Waals surface area (Å²) in [5.41, 5.74) is 7.42. The van der Waals surface area contributed by atoms with Gasteiger partial charge >= 0.3 is 0 Å². The van der Waals surface area contributed by atoms with Gasteiger partial charge < -0.3 is 5.73 Å². The molecule has 3 heteroatoms. The third-order valence-electron chi connectivity index (χ3n) is 2.53. The summed E-state index contributed by atoms with van der Waals surface area (Å²) >= 11 is 5.31. The van der Waals surface area contributed by atoms with Gasteiger partial charge in [0, 0.05) is 10.9 Å². The molecule has 0 unspecified atom stereocenters. The van der Waals surface area contributed by atoms with Crippen LogP contribution in [0.15, 0.2) is 9.85 Å². The zero-order valence-electron chi connectivity index (χ0n) is 7.72. The second kappa shape index (κ2) is 3.71. The molecule has 1 aromatic heterocycles. The summed E-state index contributed by atoms with van der Waals surface area (Å²) in [6.45, 7) is 2.12. The third-order valence-corrected chi connectivity index (χ3v) is 4.79. The van der Waals surface area contributed by atoms with Crippen LogP contribution in [0.5, 0.6) is 0 Å². The molecule has 0 amide bonds. The topological polar surface area (TPSA) is 26.0 Å². The van der Waals surface area contributed by atoms with E-state index in [4.69, 9.17) is 5.73 Å². The number of rotatable bonds is 3. The molecular weight excluding hydrogens is 246 g/mol. The quantitative estimate of drug-likeness (QED) is 0.882. The molecule has 1 atom stereocenters. The Morgan fingerprint density at radius 1 is 1.69 bits per heavy atom. The molecule has 0 spiro atoms. The summed E-state index contributed by atoms with van der Waals surface area (Å²) in [4.78, 5) is 1.33. The van der Waals surface area contributed by atoms with Crippen molar-refractivity contribution in [3.8, 4) is 0 Å². The summed E-state index contributed by atoms with van der Waals surface area (Å²) in [6.07, 6.45) is 3.95. The molecule has 0 saturated heterocycles. The molecule has 0 aliphatic heterocycles. The molecule has 1 heterocycles. The van der Waals surface area contributed by atoms with Gasteiger partial charge in [0.25, 0.3) is 0 Å². The van der Waals surface area contributed by atoms with Crippen LogP contribution < -0.4 is 5.73 Å². The maximum absolute atomic E-state index is 6.11. The Morgan fingerprint density at radius 3 is 2.85 bits per heavy atom. The lowest BCUT2D eigenvalue weighted by atomic mass is 10.1. The van der Waals surface area contributed by atoms with Crippen LogP contribution >= 0.6 is 27.3 Å². The highest BCUT2D eigenvalue weighted by atomic mass is 79.9. The van der Waals surface area contributed by atoms with Crippen molar-refractivity contribution in [2.45, 2.75) is 32.2 Å². The average Bonchev–Trinajstić information content (AvgIpc) is 2.81. The van der Waals surface area contributed by atoms with Crippen LogP contribution in [0.1, 0.15) is 35.7 Å². The minimum Gasteiger partial charge on any atom is -0.323 e. The summed E-state index contributed by atoms with van der Waals surface area (Å²) in [6, 6.07) is 2.48. The van der Waals surface area contributed by atoms with E-state index in [2.05, 4.69) is 28.9 Å². The Morgan fingerprint density at radius 2 is 2.38 bits per heavy atom. The third kappa shape index (κ3) is 2.33. The van der Waals surface area contributed by atoms with Gasteiger partial charge in [-0.2, -0.15) is 0 Å². The first-order valence-electron chi connectivity index (χ1n) is 4.68. The molecule has 1 aliphatic carbocycles. The van der Waals surface area contributed by atoms with Gasteiger partial charge in [-0.3, -0.25) is 0 Å². The number of nitrogens with two attached hydrogens (primary N) is 1. The Labute approximate surface area is 91.5 Å². The Kier molecular flexibility index (Phi) is 2.77. The maximum atomic E-state index is 6.11. The highest BCUT2D eigenvalue weighted by Gasteiger charge is 2.25. The fourth-order valence-corrected chi connectivity index (χ4v) is 3.08. The predicted octanol–water partition coefficient (Wildman–Crippen LogP) is 3.62. The predicted molar refractivity (Wildman–Crippen MR) is 61.0 cm³/mol. The Bertz CT molecular complexity index is 284. The molecule has 1 saturated carbocycles. The van der Waals surface area contributed by atoms with Gasteiger partial charge in [-0.05, 0) is 46.8 Å². The minimum atomic E-state index is 0.266. The van der Waals surface area contributed by atoms with Crippen LogP contribution in [0.3, 0.4) is 0 Å². The van der Waals surface area contributed by atoms with E-state index in [1.54, 1.807) is 11.3 Å². The van der Waals surface area contributed by atoms with Crippen molar-refractivity contribution in [1.82, 2.24) is 0 Å². The van der Waals surface area contributed by atoms with E-state index in [0.717, 1.165) is 5.92 Å². The molecule has 1 aliphatic rings. The molecule has 72 valence electrons. The van der Waals surface area contributed by atoms with E-state index in [0.29, 0.717) is 0 Å². The normalized spacial score (nSPS) is 19.0. The van der Waals surface area contributed by atoms with E-state index in [9.17, 15) is 0 Å². The van der Waals surface area contributed by atoms with Gasteiger partial charge in [0.2, 0.25) is 0 Å². The van der Waals surface area contributed by atoms with Gasteiger partial charge in [-0.15, -0.1) is 11.3 Å². The summed E-state index contributed by atoms with van der Waals surface area (Å²) in [5, 5.41) is 0. The highest BCUT2D eigenvalue weighted by Crippen LogP contribution is 2.39. The summed E-state index contributed by atoms with van der Waals surface area (Å²) in [5.74, 6) is 0.913. The van der Waals surface area contributed by atoms with Gasteiger partial charge in [0.05, 0.1) is 3.79 Å². The molecule has 1 fully saturated rings. The number of hydrogen-bond donors (Lipinski definition) is 1. The van der Waals surface area contributed by atoms with Crippen LogP contribution in [0.4, 0.5) is 0 Å². The van der Waals surface area contributed by atoms with E-state index < -0.39 is 0 Å². The summed E-state index contributed by atoms with van der Waals surface area (Å²) < 4.78 is 1.23. The van der Waals surface area contributed by atoms with E-state index in [-0.39, 0.29) is 6.04 Å². The van der Waals surface area contributed by atoms with Gasteiger partial charge in [0.1, 0.15) is 0 Å². The molecule has 1 aromatic rings. The second-order valence-electron chi connectivity index (χ2n) is 3.89. The highest BCUT2D eigenvalue weighted by molar-refractivity contribution is 9.11. The Hall–Kier alpha value is 0.140. The number of hydrogen-bond acceptors (Lipinski definition) is 2. The zero-order valence-corrected chi connectivity index (χ0v) is 10.1. The molecule has 0 radical (unpaired) electrons. The number of thiophene rings is 1. The van der Waals surface area contributed by atoms with Crippen molar-refractivity contribution in [3.05, 3.63) is 20.3 Å². The second-order valence-corrected chi connectivity index (χ2v) is 6.29.